The lowest BCUT2D eigenvalue weighted by molar-refractivity contribution is 0.103. The van der Waals surface area contributed by atoms with Gasteiger partial charge in [0, 0.05) is 22.7 Å². The zero-order chi connectivity index (χ0) is 14.3. The molecule has 2 nitrogen and oxygen atoms in total. The lowest BCUT2D eigenvalue weighted by Crippen LogP contribution is -2.03. The van der Waals surface area contributed by atoms with Crippen molar-refractivity contribution < 1.29 is 9.18 Å². The molecule has 20 heavy (non-hydrogen) atoms. The highest BCUT2D eigenvalue weighted by Crippen LogP contribution is 2.25. The molecule has 3 rings (SSSR count). The van der Waals surface area contributed by atoms with Crippen molar-refractivity contribution in [2.45, 2.75) is 13.8 Å². The first kappa shape index (κ1) is 12.6. The number of halogens is 1. The standard InChI is InChI=1S/C17H14FNO/c1-10-6-7-12(11(2)8-10)17(20)13-9-19-15-5-3-4-14(18)16(13)15/h3-9,19H,1-2H3. The fourth-order valence-corrected chi connectivity index (χ4v) is 2.53. The lowest BCUT2D eigenvalue weighted by atomic mass is 9.97. The van der Waals surface area contributed by atoms with Crippen LogP contribution in [0.15, 0.2) is 42.6 Å². The van der Waals surface area contributed by atoms with E-state index in [1.165, 1.54) is 6.07 Å². The summed E-state index contributed by atoms with van der Waals surface area (Å²) in [5.74, 6) is -0.532. The first-order valence-corrected chi connectivity index (χ1v) is 6.45. The van der Waals surface area contributed by atoms with Crippen LogP contribution >= 0.6 is 0 Å². The number of hydrogen-bond acceptors (Lipinski definition) is 1. The topological polar surface area (TPSA) is 32.9 Å². The summed E-state index contributed by atoms with van der Waals surface area (Å²) in [5, 5.41) is 0.359. The van der Waals surface area contributed by atoms with Crippen LogP contribution in [0, 0.1) is 19.7 Å². The van der Waals surface area contributed by atoms with Crippen LogP contribution in [0.5, 0.6) is 0 Å². The molecule has 0 aliphatic carbocycles. The average molecular weight is 267 g/mol. The minimum atomic E-state index is -0.378. The number of carbonyl (C=O) groups is 1. The van der Waals surface area contributed by atoms with Gasteiger partial charge in [0.05, 0.1) is 5.56 Å². The summed E-state index contributed by atoms with van der Waals surface area (Å²) >= 11 is 0. The van der Waals surface area contributed by atoms with E-state index in [2.05, 4.69) is 4.98 Å². The Labute approximate surface area is 116 Å². The highest BCUT2D eigenvalue weighted by Gasteiger charge is 2.18. The van der Waals surface area contributed by atoms with Crippen molar-refractivity contribution in [2.24, 2.45) is 0 Å². The van der Waals surface area contributed by atoms with E-state index >= 15 is 0 Å². The predicted octanol–water partition coefficient (Wildman–Crippen LogP) is 4.15. The summed E-state index contributed by atoms with van der Waals surface area (Å²) in [6.45, 7) is 3.87. The predicted molar refractivity (Wildman–Crippen MR) is 77.6 cm³/mol. The number of rotatable bonds is 2. The monoisotopic (exact) mass is 267 g/mol. The molecule has 0 unspecified atom stereocenters. The zero-order valence-corrected chi connectivity index (χ0v) is 11.3. The number of aryl methyl sites for hydroxylation is 2. The Morgan fingerprint density at radius 2 is 1.90 bits per heavy atom. The molecular weight excluding hydrogens is 253 g/mol. The smallest absolute Gasteiger partial charge is 0.195 e. The van der Waals surface area contributed by atoms with E-state index in [0.29, 0.717) is 22.0 Å². The maximum absolute atomic E-state index is 13.9. The second-order valence-electron chi connectivity index (χ2n) is 5.01. The van der Waals surface area contributed by atoms with Crippen molar-refractivity contribution in [1.29, 1.82) is 0 Å². The van der Waals surface area contributed by atoms with E-state index in [-0.39, 0.29) is 11.6 Å². The zero-order valence-electron chi connectivity index (χ0n) is 11.3. The third-order valence-corrected chi connectivity index (χ3v) is 3.53. The van der Waals surface area contributed by atoms with Gasteiger partial charge < -0.3 is 4.98 Å². The third-order valence-electron chi connectivity index (χ3n) is 3.53. The quantitative estimate of drug-likeness (QED) is 0.695. The number of carbonyl (C=O) groups excluding carboxylic acids is 1. The number of fused-ring (bicyclic) bond motifs is 1. The van der Waals surface area contributed by atoms with Crippen molar-refractivity contribution in [2.75, 3.05) is 0 Å². The fourth-order valence-electron chi connectivity index (χ4n) is 2.53. The fraction of sp³-hybridized carbons (Fsp3) is 0.118. The van der Waals surface area contributed by atoms with E-state index in [9.17, 15) is 9.18 Å². The molecule has 3 aromatic rings. The highest BCUT2D eigenvalue weighted by atomic mass is 19.1. The Morgan fingerprint density at radius 1 is 1.10 bits per heavy atom. The molecule has 0 fully saturated rings. The van der Waals surface area contributed by atoms with E-state index < -0.39 is 0 Å². The van der Waals surface area contributed by atoms with Crippen LogP contribution in [-0.4, -0.2) is 10.8 Å². The number of hydrogen-bond donors (Lipinski definition) is 1. The molecule has 0 aliphatic rings. The van der Waals surface area contributed by atoms with Crippen LogP contribution in [0.3, 0.4) is 0 Å². The second-order valence-corrected chi connectivity index (χ2v) is 5.01. The van der Waals surface area contributed by atoms with Gasteiger partial charge in [-0.2, -0.15) is 0 Å². The summed E-state index contributed by atoms with van der Waals surface area (Å²) in [7, 11) is 0. The van der Waals surface area contributed by atoms with Gasteiger partial charge in [-0.25, -0.2) is 4.39 Å². The van der Waals surface area contributed by atoms with E-state index in [1.807, 2.05) is 26.0 Å². The minimum Gasteiger partial charge on any atom is -0.360 e. The number of H-pyrrole nitrogens is 1. The molecule has 1 heterocycles. The first-order chi connectivity index (χ1) is 9.58. The number of aromatic amines is 1. The Kier molecular flexibility index (Phi) is 2.90. The highest BCUT2D eigenvalue weighted by molar-refractivity contribution is 6.17. The Balaban J connectivity index is 2.18. The molecule has 0 saturated heterocycles. The van der Waals surface area contributed by atoms with Crippen molar-refractivity contribution in [1.82, 2.24) is 4.98 Å². The van der Waals surface area contributed by atoms with Crippen LogP contribution < -0.4 is 0 Å². The van der Waals surface area contributed by atoms with Gasteiger partial charge in [0.2, 0.25) is 0 Å². The molecule has 1 aromatic heterocycles. The molecular formula is C17H14FNO. The molecule has 2 aromatic carbocycles. The summed E-state index contributed by atoms with van der Waals surface area (Å²) in [5.41, 5.74) is 3.63. The SMILES string of the molecule is Cc1ccc(C(=O)c2c[nH]c3cccc(F)c23)c(C)c1. The molecule has 100 valence electrons. The van der Waals surface area contributed by atoms with Crippen molar-refractivity contribution >= 4 is 16.7 Å². The van der Waals surface area contributed by atoms with Crippen LogP contribution in [0.2, 0.25) is 0 Å². The van der Waals surface area contributed by atoms with Gasteiger partial charge >= 0.3 is 0 Å². The first-order valence-electron chi connectivity index (χ1n) is 6.45. The van der Waals surface area contributed by atoms with Crippen LogP contribution in [0.1, 0.15) is 27.0 Å². The van der Waals surface area contributed by atoms with Gasteiger partial charge in [0.1, 0.15) is 5.82 Å². The van der Waals surface area contributed by atoms with Gasteiger partial charge in [-0.15, -0.1) is 0 Å². The van der Waals surface area contributed by atoms with E-state index in [4.69, 9.17) is 0 Å². The molecule has 0 atom stereocenters. The van der Waals surface area contributed by atoms with Crippen molar-refractivity contribution in [3.63, 3.8) is 0 Å². The van der Waals surface area contributed by atoms with Crippen molar-refractivity contribution in [3.8, 4) is 0 Å². The molecule has 0 aliphatic heterocycles. The van der Waals surface area contributed by atoms with Crippen LogP contribution in [-0.2, 0) is 0 Å². The minimum absolute atomic E-state index is 0.154. The molecule has 1 N–H and O–H groups in total. The summed E-state index contributed by atoms with van der Waals surface area (Å²) in [6.07, 6.45) is 1.58. The molecule has 0 saturated carbocycles. The Morgan fingerprint density at radius 3 is 2.65 bits per heavy atom. The largest absolute Gasteiger partial charge is 0.360 e. The normalized spacial score (nSPS) is 10.9. The van der Waals surface area contributed by atoms with Gasteiger partial charge in [-0.1, -0.05) is 29.8 Å². The maximum atomic E-state index is 13.9. The molecule has 0 radical (unpaired) electrons. The molecule has 0 bridgehead atoms. The lowest BCUT2D eigenvalue weighted by Gasteiger charge is -2.05. The number of ketones is 1. The molecule has 3 heteroatoms. The van der Waals surface area contributed by atoms with Gasteiger partial charge in [-0.3, -0.25) is 4.79 Å². The van der Waals surface area contributed by atoms with Gasteiger partial charge in [-0.05, 0) is 31.5 Å². The van der Waals surface area contributed by atoms with Gasteiger partial charge in [0.15, 0.2) is 5.78 Å². The molecule has 0 spiro atoms. The number of benzene rings is 2. The second kappa shape index (κ2) is 4.60. The summed E-state index contributed by atoms with van der Waals surface area (Å²) in [4.78, 5) is 15.6. The van der Waals surface area contributed by atoms with Gasteiger partial charge in [0.25, 0.3) is 0 Å². The number of aromatic nitrogens is 1. The van der Waals surface area contributed by atoms with E-state index in [0.717, 1.165) is 11.1 Å². The summed E-state index contributed by atoms with van der Waals surface area (Å²) < 4.78 is 13.9. The van der Waals surface area contributed by atoms with E-state index in [1.54, 1.807) is 24.4 Å². The Bertz CT molecular complexity index is 817. The van der Waals surface area contributed by atoms with Crippen molar-refractivity contribution in [3.05, 3.63) is 70.7 Å². The number of nitrogens with one attached hydrogen (secondary N) is 1. The third kappa shape index (κ3) is 1.92. The summed E-state index contributed by atoms with van der Waals surface area (Å²) in [6, 6.07) is 10.4. The van der Waals surface area contributed by atoms with Crippen LogP contribution in [0.25, 0.3) is 10.9 Å². The molecule has 0 amide bonds. The average Bonchev–Trinajstić information content (AvgIpc) is 2.83. The maximum Gasteiger partial charge on any atom is 0.195 e. The van der Waals surface area contributed by atoms with Crippen LogP contribution in [0.4, 0.5) is 4.39 Å². The Hall–Kier alpha value is -2.42.